The fourth-order valence-corrected chi connectivity index (χ4v) is 3.57. The standard InChI is InChI=1S/C24H18FN5O2/c1-15-22-20(13-21(28-24(22)32-29-15)17-6-8-18(25)9-7-17)23(31)27-19-5-2-4-16(12-19)14-30-11-3-10-26-30/h2-13H,14H2,1H3,(H,27,31). The molecule has 0 fully saturated rings. The molecule has 1 amide bonds. The number of halogens is 1. The first-order valence-corrected chi connectivity index (χ1v) is 9.97. The maximum Gasteiger partial charge on any atom is 0.259 e. The van der Waals surface area contributed by atoms with Crippen molar-refractivity contribution in [2.24, 2.45) is 0 Å². The summed E-state index contributed by atoms with van der Waals surface area (Å²) in [6.45, 7) is 2.35. The van der Waals surface area contributed by atoms with Gasteiger partial charge >= 0.3 is 0 Å². The number of anilines is 1. The molecule has 0 aliphatic heterocycles. The third kappa shape index (κ3) is 3.85. The van der Waals surface area contributed by atoms with Gasteiger partial charge in [0.1, 0.15) is 5.82 Å². The highest BCUT2D eigenvalue weighted by Crippen LogP contribution is 2.28. The predicted molar refractivity (Wildman–Crippen MR) is 118 cm³/mol. The van der Waals surface area contributed by atoms with Gasteiger partial charge < -0.3 is 9.84 Å². The fraction of sp³-hybridized carbons (Fsp3) is 0.0833. The third-order valence-electron chi connectivity index (χ3n) is 5.09. The third-order valence-corrected chi connectivity index (χ3v) is 5.09. The van der Waals surface area contributed by atoms with Crippen LogP contribution in [0.2, 0.25) is 0 Å². The van der Waals surface area contributed by atoms with E-state index in [1.807, 2.05) is 41.2 Å². The van der Waals surface area contributed by atoms with Crippen LogP contribution in [-0.2, 0) is 6.54 Å². The first-order chi connectivity index (χ1) is 15.6. The zero-order chi connectivity index (χ0) is 22.1. The summed E-state index contributed by atoms with van der Waals surface area (Å²) in [7, 11) is 0. The second kappa shape index (κ2) is 8.07. The van der Waals surface area contributed by atoms with Crippen LogP contribution in [0, 0.1) is 12.7 Å². The van der Waals surface area contributed by atoms with Gasteiger partial charge in [0.2, 0.25) is 0 Å². The zero-order valence-electron chi connectivity index (χ0n) is 17.1. The minimum Gasteiger partial charge on any atom is -0.335 e. The number of nitrogens with one attached hydrogen (secondary N) is 1. The number of hydrogen-bond donors (Lipinski definition) is 1. The molecule has 0 radical (unpaired) electrons. The Bertz CT molecular complexity index is 1410. The van der Waals surface area contributed by atoms with Gasteiger partial charge in [-0.25, -0.2) is 9.37 Å². The number of amides is 1. The van der Waals surface area contributed by atoms with Crippen LogP contribution in [0.15, 0.2) is 77.6 Å². The Hall–Kier alpha value is -4.33. The topological polar surface area (TPSA) is 85.8 Å². The molecule has 0 saturated carbocycles. The summed E-state index contributed by atoms with van der Waals surface area (Å²) in [6, 6.07) is 17.0. The second-order valence-corrected chi connectivity index (χ2v) is 7.37. The molecule has 0 bridgehead atoms. The Kier molecular flexibility index (Phi) is 4.95. The summed E-state index contributed by atoms with van der Waals surface area (Å²) < 4.78 is 20.5. The smallest absolute Gasteiger partial charge is 0.259 e. The second-order valence-electron chi connectivity index (χ2n) is 7.37. The van der Waals surface area contributed by atoms with Crippen molar-refractivity contribution in [3.63, 3.8) is 0 Å². The van der Waals surface area contributed by atoms with Gasteiger partial charge in [-0.2, -0.15) is 5.10 Å². The summed E-state index contributed by atoms with van der Waals surface area (Å²) in [5.74, 6) is -0.665. The number of rotatable bonds is 5. The highest BCUT2D eigenvalue weighted by atomic mass is 19.1. The van der Waals surface area contributed by atoms with Crippen molar-refractivity contribution in [2.45, 2.75) is 13.5 Å². The summed E-state index contributed by atoms with van der Waals surface area (Å²) in [4.78, 5) is 17.7. The molecule has 158 valence electrons. The van der Waals surface area contributed by atoms with Crippen LogP contribution in [-0.4, -0.2) is 25.8 Å². The zero-order valence-corrected chi connectivity index (χ0v) is 17.1. The van der Waals surface area contributed by atoms with Gasteiger partial charge in [-0.1, -0.05) is 17.3 Å². The lowest BCUT2D eigenvalue weighted by Crippen LogP contribution is -2.13. The van der Waals surface area contributed by atoms with Crippen LogP contribution in [0.4, 0.5) is 10.1 Å². The van der Waals surface area contributed by atoms with E-state index in [-0.39, 0.29) is 17.4 Å². The lowest BCUT2D eigenvalue weighted by atomic mass is 10.0. The summed E-state index contributed by atoms with van der Waals surface area (Å²) in [5, 5.41) is 11.7. The molecule has 3 heterocycles. The Morgan fingerprint density at radius 1 is 1.12 bits per heavy atom. The number of hydrogen-bond acceptors (Lipinski definition) is 5. The Balaban J connectivity index is 1.49. The number of pyridine rings is 1. The lowest BCUT2D eigenvalue weighted by molar-refractivity contribution is 0.102. The van der Waals surface area contributed by atoms with Gasteiger partial charge in [0.05, 0.1) is 28.9 Å². The van der Waals surface area contributed by atoms with Gasteiger partial charge in [0.25, 0.3) is 11.6 Å². The highest BCUT2D eigenvalue weighted by Gasteiger charge is 2.19. The van der Waals surface area contributed by atoms with Gasteiger partial charge in [-0.15, -0.1) is 0 Å². The molecule has 1 N–H and O–H groups in total. The monoisotopic (exact) mass is 427 g/mol. The number of nitrogens with zero attached hydrogens (tertiary/aromatic N) is 4. The fourth-order valence-electron chi connectivity index (χ4n) is 3.57. The van der Waals surface area contributed by atoms with Crippen LogP contribution in [0.1, 0.15) is 21.6 Å². The average Bonchev–Trinajstić information content (AvgIpc) is 3.44. The van der Waals surface area contributed by atoms with E-state index in [9.17, 15) is 9.18 Å². The largest absolute Gasteiger partial charge is 0.335 e. The van der Waals surface area contributed by atoms with Crippen molar-refractivity contribution in [3.8, 4) is 11.3 Å². The maximum atomic E-state index is 13.3. The van der Waals surface area contributed by atoms with Crippen molar-refractivity contribution in [3.05, 3.63) is 95.7 Å². The van der Waals surface area contributed by atoms with Gasteiger partial charge in [-0.3, -0.25) is 9.48 Å². The molecular weight excluding hydrogens is 409 g/mol. The quantitative estimate of drug-likeness (QED) is 0.434. The molecule has 3 aromatic heterocycles. The Labute approximate surface area is 182 Å². The Morgan fingerprint density at radius 3 is 2.75 bits per heavy atom. The molecule has 2 aromatic carbocycles. The van der Waals surface area contributed by atoms with Crippen molar-refractivity contribution >= 4 is 22.7 Å². The van der Waals surface area contributed by atoms with Crippen LogP contribution >= 0.6 is 0 Å². The minimum absolute atomic E-state index is 0.252. The summed E-state index contributed by atoms with van der Waals surface area (Å²) in [5.41, 5.74) is 4.01. The first-order valence-electron chi connectivity index (χ1n) is 9.97. The van der Waals surface area contributed by atoms with E-state index < -0.39 is 0 Å². The van der Waals surface area contributed by atoms with Crippen molar-refractivity contribution in [1.82, 2.24) is 19.9 Å². The van der Waals surface area contributed by atoms with E-state index in [0.29, 0.717) is 40.1 Å². The van der Waals surface area contributed by atoms with Crippen molar-refractivity contribution in [2.75, 3.05) is 5.32 Å². The summed E-state index contributed by atoms with van der Waals surface area (Å²) >= 11 is 0. The number of aryl methyl sites for hydroxylation is 1. The van der Waals surface area contributed by atoms with E-state index in [0.717, 1.165) is 5.56 Å². The van der Waals surface area contributed by atoms with Crippen molar-refractivity contribution in [1.29, 1.82) is 0 Å². The van der Waals surface area contributed by atoms with Crippen LogP contribution in [0.3, 0.4) is 0 Å². The summed E-state index contributed by atoms with van der Waals surface area (Å²) in [6.07, 6.45) is 3.60. The highest BCUT2D eigenvalue weighted by molar-refractivity contribution is 6.13. The number of carbonyl (C=O) groups is 1. The molecule has 0 saturated heterocycles. The van der Waals surface area contributed by atoms with Crippen LogP contribution in [0.25, 0.3) is 22.4 Å². The van der Waals surface area contributed by atoms with E-state index in [4.69, 9.17) is 4.52 Å². The maximum absolute atomic E-state index is 13.3. The molecule has 0 aliphatic carbocycles. The number of carbonyl (C=O) groups excluding carboxylic acids is 1. The minimum atomic E-state index is -0.349. The normalized spacial score (nSPS) is 11.1. The average molecular weight is 427 g/mol. The van der Waals surface area contributed by atoms with E-state index in [1.54, 1.807) is 31.3 Å². The molecule has 7 nitrogen and oxygen atoms in total. The van der Waals surface area contributed by atoms with Gasteiger partial charge in [-0.05, 0) is 61.0 Å². The van der Waals surface area contributed by atoms with E-state index >= 15 is 0 Å². The molecule has 0 aliphatic rings. The van der Waals surface area contributed by atoms with Gasteiger partial charge in [0, 0.05) is 23.6 Å². The Morgan fingerprint density at radius 2 is 1.97 bits per heavy atom. The molecule has 0 atom stereocenters. The molecule has 0 spiro atoms. The SMILES string of the molecule is Cc1noc2nc(-c3ccc(F)cc3)cc(C(=O)Nc3cccc(Cn4cccn4)c3)c12. The number of fused-ring (bicyclic) bond motifs is 1. The first kappa shape index (κ1) is 19.6. The molecule has 0 unspecified atom stereocenters. The number of aromatic nitrogens is 4. The van der Waals surface area contributed by atoms with Crippen LogP contribution < -0.4 is 5.32 Å². The van der Waals surface area contributed by atoms with Crippen molar-refractivity contribution < 1.29 is 13.7 Å². The van der Waals surface area contributed by atoms with Gasteiger partial charge in [0.15, 0.2) is 0 Å². The molecule has 8 heteroatoms. The van der Waals surface area contributed by atoms with E-state index in [2.05, 4.69) is 20.6 Å². The molecule has 5 rings (SSSR count). The lowest BCUT2D eigenvalue weighted by Gasteiger charge is -2.10. The molecular formula is C24H18FN5O2. The van der Waals surface area contributed by atoms with Crippen LogP contribution in [0.5, 0.6) is 0 Å². The molecule has 5 aromatic rings. The van der Waals surface area contributed by atoms with E-state index in [1.165, 1.54) is 12.1 Å². The predicted octanol–water partition coefficient (Wildman–Crippen LogP) is 4.83. The number of benzene rings is 2. The molecule has 32 heavy (non-hydrogen) atoms.